The number of sulfonamides is 1. The quantitative estimate of drug-likeness (QED) is 0.741. The molecule has 3 aromatic rings. The van der Waals surface area contributed by atoms with Gasteiger partial charge in [0, 0.05) is 12.7 Å². The Balaban J connectivity index is 1.95. The fraction of sp³-hybridized carbons (Fsp3) is 0.231. The Kier molecular flexibility index (Phi) is 3.59. The summed E-state index contributed by atoms with van der Waals surface area (Å²) < 4.78 is 34.7. The molecule has 0 bridgehead atoms. The number of aryl methyl sites for hydroxylation is 1. The fourth-order valence-electron chi connectivity index (χ4n) is 2.06. The van der Waals surface area contributed by atoms with E-state index in [0.717, 1.165) is 0 Å². The Labute approximate surface area is 126 Å². The number of hydrogen-bond acceptors (Lipinski definition) is 5. The standard InChI is InChI=1S/C13H14N4O4S/c1-2-17-13(18)12-6-11(8-16(12)9-14-17)22(19,20)15-7-10-4-3-5-21-10/h3-6,8-9,15H,2,7H2,1H3. The number of nitrogens with one attached hydrogen (secondary N) is 1. The van der Waals surface area contributed by atoms with E-state index in [9.17, 15) is 13.2 Å². The summed E-state index contributed by atoms with van der Waals surface area (Å²) in [6.45, 7) is 2.24. The summed E-state index contributed by atoms with van der Waals surface area (Å²) in [5.74, 6) is 0.502. The molecule has 3 aromatic heterocycles. The molecule has 0 aliphatic rings. The van der Waals surface area contributed by atoms with Crippen molar-refractivity contribution in [1.29, 1.82) is 0 Å². The van der Waals surface area contributed by atoms with Crippen LogP contribution in [-0.2, 0) is 23.1 Å². The summed E-state index contributed by atoms with van der Waals surface area (Å²) in [6.07, 6.45) is 4.23. The van der Waals surface area contributed by atoms with Gasteiger partial charge in [0.25, 0.3) is 5.56 Å². The van der Waals surface area contributed by atoms with Gasteiger partial charge in [0.15, 0.2) is 0 Å². The van der Waals surface area contributed by atoms with Gasteiger partial charge in [0.05, 0.1) is 12.8 Å². The van der Waals surface area contributed by atoms with Crippen molar-refractivity contribution in [3.63, 3.8) is 0 Å². The number of nitrogens with zero attached hydrogens (tertiary/aromatic N) is 3. The predicted molar refractivity (Wildman–Crippen MR) is 77.9 cm³/mol. The first-order chi connectivity index (χ1) is 10.5. The van der Waals surface area contributed by atoms with Crippen molar-refractivity contribution in [3.05, 3.63) is 53.1 Å². The maximum Gasteiger partial charge on any atom is 0.291 e. The van der Waals surface area contributed by atoms with E-state index in [2.05, 4.69) is 9.82 Å². The van der Waals surface area contributed by atoms with Crippen molar-refractivity contribution < 1.29 is 12.8 Å². The lowest BCUT2D eigenvalue weighted by molar-refractivity contribution is 0.498. The van der Waals surface area contributed by atoms with Crippen LogP contribution >= 0.6 is 0 Å². The zero-order chi connectivity index (χ0) is 15.7. The second-order valence-electron chi connectivity index (χ2n) is 4.62. The average molecular weight is 322 g/mol. The first kappa shape index (κ1) is 14.5. The van der Waals surface area contributed by atoms with Crippen LogP contribution in [0.3, 0.4) is 0 Å². The van der Waals surface area contributed by atoms with Gasteiger partial charge in [-0.1, -0.05) is 0 Å². The van der Waals surface area contributed by atoms with Crippen molar-refractivity contribution in [2.75, 3.05) is 0 Å². The fourth-order valence-corrected chi connectivity index (χ4v) is 3.08. The van der Waals surface area contributed by atoms with E-state index in [0.29, 0.717) is 12.3 Å². The molecule has 8 nitrogen and oxygen atoms in total. The molecule has 0 atom stereocenters. The molecular weight excluding hydrogens is 308 g/mol. The molecule has 0 aliphatic carbocycles. The van der Waals surface area contributed by atoms with E-state index in [1.54, 1.807) is 19.1 Å². The number of rotatable bonds is 5. The van der Waals surface area contributed by atoms with Crippen LogP contribution in [0.4, 0.5) is 0 Å². The molecule has 0 unspecified atom stereocenters. The average Bonchev–Trinajstić information content (AvgIpc) is 3.15. The molecule has 0 aliphatic heterocycles. The smallest absolute Gasteiger partial charge is 0.291 e. The van der Waals surface area contributed by atoms with E-state index in [4.69, 9.17) is 4.42 Å². The van der Waals surface area contributed by atoms with E-state index < -0.39 is 10.0 Å². The molecular formula is C13H14N4O4S. The monoisotopic (exact) mass is 322 g/mol. The molecule has 3 heterocycles. The van der Waals surface area contributed by atoms with Crippen LogP contribution in [0.25, 0.3) is 5.52 Å². The summed E-state index contributed by atoms with van der Waals surface area (Å²) >= 11 is 0. The summed E-state index contributed by atoms with van der Waals surface area (Å²) in [6, 6.07) is 4.68. The zero-order valence-electron chi connectivity index (χ0n) is 11.8. The minimum absolute atomic E-state index is 0.00630. The van der Waals surface area contributed by atoms with Gasteiger partial charge >= 0.3 is 0 Å². The summed E-state index contributed by atoms with van der Waals surface area (Å²) in [5, 5.41) is 3.94. The Hall–Kier alpha value is -2.39. The van der Waals surface area contributed by atoms with Crippen LogP contribution in [0, 0.1) is 0 Å². The van der Waals surface area contributed by atoms with Crippen molar-refractivity contribution in [1.82, 2.24) is 18.9 Å². The van der Waals surface area contributed by atoms with Gasteiger partial charge in [-0.05, 0) is 25.1 Å². The highest BCUT2D eigenvalue weighted by Gasteiger charge is 2.18. The van der Waals surface area contributed by atoms with Crippen LogP contribution in [0.1, 0.15) is 12.7 Å². The summed E-state index contributed by atoms with van der Waals surface area (Å²) in [5.41, 5.74) is -0.0762. The third-order valence-corrected chi connectivity index (χ3v) is 4.59. The van der Waals surface area contributed by atoms with Crippen molar-refractivity contribution in [3.8, 4) is 0 Å². The minimum Gasteiger partial charge on any atom is -0.468 e. The maximum absolute atomic E-state index is 12.3. The SMILES string of the molecule is CCn1ncn2cc(S(=O)(=O)NCc3ccco3)cc2c1=O. The molecule has 1 N–H and O–H groups in total. The lowest BCUT2D eigenvalue weighted by Crippen LogP contribution is -2.23. The van der Waals surface area contributed by atoms with Crippen molar-refractivity contribution >= 4 is 15.5 Å². The molecule has 0 saturated heterocycles. The Bertz CT molecular complexity index is 954. The van der Waals surface area contributed by atoms with E-state index in [1.807, 2.05) is 0 Å². The van der Waals surface area contributed by atoms with E-state index in [1.165, 1.54) is 33.9 Å². The van der Waals surface area contributed by atoms with Gasteiger partial charge in [-0.3, -0.25) is 9.20 Å². The third kappa shape index (κ3) is 2.55. The van der Waals surface area contributed by atoms with Crippen molar-refractivity contribution in [2.24, 2.45) is 0 Å². The van der Waals surface area contributed by atoms with Gasteiger partial charge in [0.1, 0.15) is 22.5 Å². The second kappa shape index (κ2) is 5.43. The highest BCUT2D eigenvalue weighted by Crippen LogP contribution is 2.13. The molecule has 0 amide bonds. The highest BCUT2D eigenvalue weighted by atomic mass is 32.2. The molecule has 9 heteroatoms. The molecule has 0 fully saturated rings. The lowest BCUT2D eigenvalue weighted by Gasteiger charge is -2.02. The van der Waals surface area contributed by atoms with Crippen LogP contribution in [0.15, 0.2) is 51.1 Å². The Morgan fingerprint density at radius 3 is 2.91 bits per heavy atom. The lowest BCUT2D eigenvalue weighted by atomic mass is 10.5. The van der Waals surface area contributed by atoms with Crippen LogP contribution < -0.4 is 10.3 Å². The van der Waals surface area contributed by atoms with Crippen LogP contribution in [0.5, 0.6) is 0 Å². The predicted octanol–water partition coefficient (Wildman–Crippen LogP) is 0.587. The molecule has 3 rings (SSSR count). The van der Waals surface area contributed by atoms with Gasteiger partial charge in [0.2, 0.25) is 10.0 Å². The zero-order valence-corrected chi connectivity index (χ0v) is 12.6. The van der Waals surface area contributed by atoms with Crippen molar-refractivity contribution in [2.45, 2.75) is 24.9 Å². The third-order valence-electron chi connectivity index (χ3n) is 3.22. The largest absolute Gasteiger partial charge is 0.468 e. The number of furan rings is 1. The molecule has 0 radical (unpaired) electrons. The topological polar surface area (TPSA) is 98.6 Å². The molecule has 22 heavy (non-hydrogen) atoms. The first-order valence-corrected chi connectivity index (χ1v) is 8.09. The number of fused-ring (bicyclic) bond motifs is 1. The highest BCUT2D eigenvalue weighted by molar-refractivity contribution is 7.89. The number of aromatic nitrogens is 3. The molecule has 0 saturated carbocycles. The van der Waals surface area contributed by atoms with Crippen LogP contribution in [0.2, 0.25) is 0 Å². The number of hydrogen-bond donors (Lipinski definition) is 1. The maximum atomic E-state index is 12.3. The van der Waals surface area contributed by atoms with Gasteiger partial charge < -0.3 is 4.42 Å². The Morgan fingerprint density at radius 1 is 1.41 bits per heavy atom. The molecule has 116 valence electrons. The summed E-state index contributed by atoms with van der Waals surface area (Å²) in [7, 11) is -3.74. The van der Waals surface area contributed by atoms with Gasteiger partial charge in [-0.25, -0.2) is 17.8 Å². The molecule has 0 aromatic carbocycles. The second-order valence-corrected chi connectivity index (χ2v) is 6.39. The van der Waals surface area contributed by atoms with Crippen LogP contribution in [-0.4, -0.2) is 22.6 Å². The minimum atomic E-state index is -3.74. The Morgan fingerprint density at radius 2 is 2.23 bits per heavy atom. The van der Waals surface area contributed by atoms with E-state index >= 15 is 0 Å². The normalized spacial score (nSPS) is 12.0. The molecule has 0 spiro atoms. The van der Waals surface area contributed by atoms with Gasteiger partial charge in [-0.2, -0.15) is 5.10 Å². The van der Waals surface area contributed by atoms with E-state index in [-0.39, 0.29) is 22.5 Å². The summed E-state index contributed by atoms with van der Waals surface area (Å²) in [4.78, 5) is 12.1. The first-order valence-electron chi connectivity index (χ1n) is 6.61. The van der Waals surface area contributed by atoms with Gasteiger partial charge in [-0.15, -0.1) is 0 Å².